The van der Waals surface area contributed by atoms with Crippen LogP contribution in [0.15, 0.2) is 181 Å². The van der Waals surface area contributed by atoms with Crippen molar-refractivity contribution in [2.24, 2.45) is 0 Å². The maximum absolute atomic E-state index is 7.35. The van der Waals surface area contributed by atoms with E-state index in [9.17, 15) is 0 Å². The Morgan fingerprint density at radius 2 is 1.26 bits per heavy atom. The van der Waals surface area contributed by atoms with Gasteiger partial charge in [0, 0.05) is 53.1 Å². The standard InChI is InChI=1S/C52H46N3O.C15H18NSi.Ir/c1-32(2)43-29-39(35-17-12-9-13-18-35)30-44(33(3)4)48(43)55-45-27-28-53-50(52(5,6)7)47(45)54-51(55)42-20-14-19-41-40-26-25-38(31-46(40)56-49(41)42)37-23-21-36(22-24-37)34-15-10-8-11-16-34;1-12-5-7-13(8-6-12)15-10-9-14(11-16-15)17(2,3)4;/h8-19,21-33H,1-7H3;5-7,9-11H,1-4H3;/q2*-1;/i;1D3;. The number of fused-ring (bicyclic) bond motifs is 4. The molecule has 4 aromatic heterocycles. The van der Waals surface area contributed by atoms with Crippen molar-refractivity contribution < 1.29 is 28.6 Å². The van der Waals surface area contributed by atoms with Crippen molar-refractivity contribution in [2.45, 2.75) is 92.2 Å². The number of aryl methyl sites for hydroxylation is 1. The van der Waals surface area contributed by atoms with Gasteiger partial charge in [-0.2, -0.15) is 0 Å². The zero-order valence-corrected chi connectivity index (χ0v) is 47.3. The molecule has 0 saturated heterocycles. The van der Waals surface area contributed by atoms with E-state index in [0.29, 0.717) is 5.56 Å². The molecule has 1 radical (unpaired) electrons. The number of imidazole rings is 1. The van der Waals surface area contributed by atoms with Gasteiger partial charge in [-0.15, -0.1) is 53.6 Å². The molecule has 11 rings (SSSR count). The fourth-order valence-electron chi connectivity index (χ4n) is 9.72. The zero-order valence-electron chi connectivity index (χ0n) is 46.9. The molecule has 0 atom stereocenters. The van der Waals surface area contributed by atoms with Gasteiger partial charge in [-0.25, -0.2) is 0 Å². The molecule has 4 heterocycles. The number of benzene rings is 7. The first-order valence-electron chi connectivity index (χ1n) is 26.9. The number of furan rings is 1. The summed E-state index contributed by atoms with van der Waals surface area (Å²) in [4.78, 5) is 14.9. The van der Waals surface area contributed by atoms with Crippen LogP contribution in [0.25, 0.3) is 94.7 Å². The molecule has 0 amide bonds. The topological polar surface area (TPSA) is 56.7 Å². The van der Waals surface area contributed by atoms with Gasteiger partial charge in [0.2, 0.25) is 0 Å². The van der Waals surface area contributed by atoms with Gasteiger partial charge >= 0.3 is 0 Å². The van der Waals surface area contributed by atoms with Gasteiger partial charge in [-0.05, 0) is 91.5 Å². The summed E-state index contributed by atoms with van der Waals surface area (Å²) in [6.07, 6.45) is 3.86. The Balaban J connectivity index is 0.000000290. The quantitative estimate of drug-likeness (QED) is 0.107. The molecule has 0 spiro atoms. The molecule has 0 fully saturated rings. The maximum atomic E-state index is 7.35. The molecule has 11 aromatic rings. The predicted molar refractivity (Wildman–Crippen MR) is 310 cm³/mol. The minimum absolute atomic E-state index is 0. The van der Waals surface area contributed by atoms with Gasteiger partial charge in [-0.1, -0.05) is 195 Å². The van der Waals surface area contributed by atoms with E-state index in [4.69, 9.17) is 18.5 Å². The van der Waals surface area contributed by atoms with Crippen molar-refractivity contribution in [1.29, 1.82) is 0 Å². The van der Waals surface area contributed by atoms with Crippen LogP contribution in [0.4, 0.5) is 0 Å². The fourth-order valence-corrected chi connectivity index (χ4v) is 10.8. The van der Waals surface area contributed by atoms with Crippen LogP contribution in [0, 0.1) is 19.0 Å². The van der Waals surface area contributed by atoms with Crippen LogP contribution in [-0.4, -0.2) is 27.6 Å². The van der Waals surface area contributed by atoms with Crippen LogP contribution in [0.5, 0.6) is 0 Å². The molecule has 0 N–H and O–H groups in total. The number of nitrogens with zero attached hydrogens (tertiary/aromatic N) is 4. The number of pyridine rings is 2. The van der Waals surface area contributed by atoms with Gasteiger partial charge in [0.25, 0.3) is 0 Å². The predicted octanol–water partition coefficient (Wildman–Crippen LogP) is 17.7. The van der Waals surface area contributed by atoms with E-state index in [1.54, 1.807) is 12.1 Å². The Morgan fingerprint density at radius 1 is 0.635 bits per heavy atom. The molecule has 7 heteroatoms. The molecule has 74 heavy (non-hydrogen) atoms. The summed E-state index contributed by atoms with van der Waals surface area (Å²) in [5.41, 5.74) is 17.9. The third-order valence-corrected chi connectivity index (χ3v) is 15.8. The Bertz CT molecular complexity index is 3770. The number of hydrogen-bond donors (Lipinski definition) is 0. The van der Waals surface area contributed by atoms with Gasteiger partial charge < -0.3 is 14.0 Å². The molecule has 0 aliphatic heterocycles. The third kappa shape index (κ3) is 10.4. The van der Waals surface area contributed by atoms with E-state index in [0.717, 1.165) is 72.4 Å². The Hall–Kier alpha value is -7.02. The van der Waals surface area contributed by atoms with Crippen LogP contribution in [0.1, 0.15) is 86.8 Å². The Morgan fingerprint density at radius 3 is 1.82 bits per heavy atom. The average molecular weight is 1160 g/mol. The molecule has 373 valence electrons. The Labute approximate surface area is 456 Å². The van der Waals surface area contributed by atoms with Crippen molar-refractivity contribution in [2.75, 3.05) is 0 Å². The van der Waals surface area contributed by atoms with E-state index in [-0.39, 0.29) is 37.4 Å². The minimum Gasteiger partial charge on any atom is -0.501 e. The van der Waals surface area contributed by atoms with E-state index in [1.165, 1.54) is 50.3 Å². The van der Waals surface area contributed by atoms with Crippen LogP contribution in [-0.2, 0) is 25.5 Å². The van der Waals surface area contributed by atoms with Crippen LogP contribution in [0.3, 0.4) is 0 Å². The molecular formula is C67H64IrN4OSi-2. The average Bonchev–Trinajstić information content (AvgIpc) is 4.16. The smallest absolute Gasteiger partial charge is 0.121 e. The van der Waals surface area contributed by atoms with Gasteiger partial charge in [0.1, 0.15) is 5.58 Å². The summed E-state index contributed by atoms with van der Waals surface area (Å²) < 4.78 is 31.3. The summed E-state index contributed by atoms with van der Waals surface area (Å²) in [6.45, 7) is 20.5. The number of rotatable bonds is 9. The summed E-state index contributed by atoms with van der Waals surface area (Å²) in [5.74, 6) is 1.29. The second kappa shape index (κ2) is 21.1. The van der Waals surface area contributed by atoms with Gasteiger partial charge in [-0.3, -0.25) is 9.97 Å². The summed E-state index contributed by atoms with van der Waals surface area (Å²) in [7, 11) is -1.34. The molecule has 5 nitrogen and oxygen atoms in total. The number of hydrogen-bond acceptors (Lipinski definition) is 4. The largest absolute Gasteiger partial charge is 0.501 e. The first kappa shape index (κ1) is 47.9. The SMILES string of the molecule is CC(C)c1cc(-c2ccccc2)cc(C(C)C)c1-n1c(-c2[c-]ccc3c2oc2cc(-c4ccc(-c5ccccc5)cc4)ccc23)nc2c(C(C)(C)C)nccc21.[2H]C([2H])([2H])c1c[c-]c(-c2ccc([Si](C)(C)C)cn2)cc1.[Ir]. The van der Waals surface area contributed by atoms with E-state index < -0.39 is 14.9 Å². The first-order valence-corrected chi connectivity index (χ1v) is 28.9. The molecule has 0 unspecified atom stereocenters. The molecule has 0 bridgehead atoms. The monoisotopic (exact) mass is 1160 g/mol. The number of aromatic nitrogens is 4. The molecule has 0 aliphatic carbocycles. The van der Waals surface area contributed by atoms with E-state index >= 15 is 0 Å². The second-order valence-electron chi connectivity index (χ2n) is 21.8. The summed E-state index contributed by atoms with van der Waals surface area (Å²) >= 11 is 0. The molecule has 0 aliphatic rings. The van der Waals surface area contributed by atoms with Crippen molar-refractivity contribution >= 4 is 46.2 Å². The van der Waals surface area contributed by atoms with Crippen molar-refractivity contribution in [3.8, 4) is 61.7 Å². The third-order valence-electron chi connectivity index (χ3n) is 13.7. The van der Waals surface area contributed by atoms with E-state index in [1.807, 2.05) is 24.5 Å². The summed E-state index contributed by atoms with van der Waals surface area (Å²) in [6, 6.07) is 63.1. The molecule has 7 aromatic carbocycles. The second-order valence-corrected chi connectivity index (χ2v) is 26.8. The first-order chi connectivity index (χ1) is 36.2. The van der Waals surface area contributed by atoms with Crippen LogP contribution < -0.4 is 5.19 Å². The fraction of sp³-hybridized carbons (Fsp3) is 0.209. The minimum atomic E-state index is -2.08. The zero-order chi connectivity index (χ0) is 53.7. The van der Waals surface area contributed by atoms with Crippen LogP contribution >= 0.6 is 0 Å². The van der Waals surface area contributed by atoms with Crippen molar-refractivity contribution in [1.82, 2.24) is 19.5 Å². The van der Waals surface area contributed by atoms with Crippen molar-refractivity contribution in [3.05, 3.63) is 211 Å². The summed E-state index contributed by atoms with van der Waals surface area (Å²) in [5, 5.41) is 3.41. The van der Waals surface area contributed by atoms with Crippen molar-refractivity contribution in [3.63, 3.8) is 0 Å². The normalized spacial score (nSPS) is 12.6. The van der Waals surface area contributed by atoms with Gasteiger partial charge in [0.05, 0.1) is 36.2 Å². The van der Waals surface area contributed by atoms with Crippen LogP contribution in [0.2, 0.25) is 19.6 Å². The Kier molecular flexibility index (Phi) is 13.7. The van der Waals surface area contributed by atoms with Gasteiger partial charge in [0.15, 0.2) is 0 Å². The molecule has 0 saturated carbocycles. The van der Waals surface area contributed by atoms with E-state index in [2.05, 4.69) is 223 Å². The maximum Gasteiger partial charge on any atom is 0.121 e. The molecular weight excluding hydrogens is 1100 g/mol.